The number of alkyl halides is 3. The number of aromatic nitrogens is 2. The minimum absolute atomic E-state index is 0.0589. The summed E-state index contributed by atoms with van der Waals surface area (Å²) in [6.07, 6.45) is -0.405. The molecule has 0 spiro atoms. The van der Waals surface area contributed by atoms with Crippen LogP contribution in [-0.4, -0.2) is 64.6 Å². The van der Waals surface area contributed by atoms with E-state index in [1.165, 1.54) is 17.0 Å². The first-order chi connectivity index (χ1) is 20.5. The predicted molar refractivity (Wildman–Crippen MR) is 154 cm³/mol. The standard InChI is InChI=1S/C30H35F3N6O4/c1-20(2)16-25-28(41)35-11-14-38-13-10-34-27(38)21-6-3-9-24(17-21)43-15-5-12-39(19-26(40)37-25)29(42)36-23-8-4-7-22(18-23)30(31,32)33/h3-4,6-10,13,17-18,20,25H,5,11-12,14-16,19H2,1-2H3,(H,35,41)(H,36,42)(H,37,40)/t25-/m1/s1. The van der Waals surface area contributed by atoms with Crippen molar-refractivity contribution in [3.8, 4) is 17.1 Å². The van der Waals surface area contributed by atoms with Crippen LogP contribution in [0.1, 0.15) is 32.3 Å². The Morgan fingerprint density at radius 3 is 2.70 bits per heavy atom. The second-order valence-electron chi connectivity index (χ2n) is 10.6. The maximum Gasteiger partial charge on any atom is 0.416 e. The van der Waals surface area contributed by atoms with E-state index in [2.05, 4.69) is 20.9 Å². The number of fused-ring (bicyclic) bond motifs is 4. The molecular formula is C30H35F3N6O4. The number of ether oxygens (including phenoxy) is 1. The van der Waals surface area contributed by atoms with E-state index < -0.39 is 36.3 Å². The van der Waals surface area contributed by atoms with Crippen molar-refractivity contribution in [3.05, 3.63) is 66.5 Å². The summed E-state index contributed by atoms with van der Waals surface area (Å²) in [6.45, 7) is 4.42. The first-order valence-electron chi connectivity index (χ1n) is 14.0. The second-order valence-corrected chi connectivity index (χ2v) is 10.6. The second kappa shape index (κ2) is 14.1. The molecule has 230 valence electrons. The Kier molecular flexibility index (Phi) is 10.3. The average Bonchev–Trinajstić information content (AvgIpc) is 3.42. The number of hydrogen-bond donors (Lipinski definition) is 3. The third-order valence-corrected chi connectivity index (χ3v) is 6.72. The number of urea groups is 1. The van der Waals surface area contributed by atoms with Crippen LogP contribution in [0.15, 0.2) is 60.9 Å². The van der Waals surface area contributed by atoms with Crippen molar-refractivity contribution >= 4 is 23.5 Å². The molecule has 0 saturated heterocycles. The summed E-state index contributed by atoms with van der Waals surface area (Å²) in [4.78, 5) is 45.0. The van der Waals surface area contributed by atoms with E-state index >= 15 is 0 Å². The van der Waals surface area contributed by atoms with E-state index in [1.807, 2.05) is 42.8 Å². The van der Waals surface area contributed by atoms with E-state index in [-0.39, 0.29) is 37.2 Å². The fraction of sp³-hybridized carbons (Fsp3) is 0.400. The summed E-state index contributed by atoms with van der Waals surface area (Å²) in [5.74, 6) is 0.423. The van der Waals surface area contributed by atoms with Gasteiger partial charge in [-0.2, -0.15) is 13.2 Å². The van der Waals surface area contributed by atoms with Crippen LogP contribution in [0.2, 0.25) is 0 Å². The molecule has 4 amide bonds. The molecule has 2 bridgehead atoms. The van der Waals surface area contributed by atoms with Crippen molar-refractivity contribution in [2.24, 2.45) is 5.92 Å². The Hall–Kier alpha value is -4.55. The molecule has 2 aromatic carbocycles. The first-order valence-corrected chi connectivity index (χ1v) is 14.0. The van der Waals surface area contributed by atoms with Crippen LogP contribution < -0.4 is 20.7 Å². The minimum atomic E-state index is -4.58. The van der Waals surface area contributed by atoms with Crippen LogP contribution >= 0.6 is 0 Å². The van der Waals surface area contributed by atoms with Gasteiger partial charge >= 0.3 is 12.2 Å². The summed E-state index contributed by atoms with van der Waals surface area (Å²) in [5.41, 5.74) is -0.159. The Morgan fingerprint density at radius 1 is 1.14 bits per heavy atom. The van der Waals surface area contributed by atoms with Crippen molar-refractivity contribution < 1.29 is 32.3 Å². The topological polar surface area (TPSA) is 118 Å². The zero-order valence-electron chi connectivity index (χ0n) is 24.0. The maximum absolute atomic E-state index is 13.2. The molecule has 10 nitrogen and oxygen atoms in total. The Labute approximate surface area is 247 Å². The largest absolute Gasteiger partial charge is 0.494 e. The summed E-state index contributed by atoms with van der Waals surface area (Å²) in [7, 11) is 0. The van der Waals surface area contributed by atoms with E-state index in [9.17, 15) is 27.6 Å². The number of halogens is 3. The number of carbonyl (C=O) groups excluding carboxylic acids is 3. The number of amides is 4. The van der Waals surface area contributed by atoms with Crippen LogP contribution in [0.5, 0.6) is 5.75 Å². The van der Waals surface area contributed by atoms with Gasteiger partial charge < -0.3 is 30.2 Å². The first kappa shape index (κ1) is 31.4. The lowest BCUT2D eigenvalue weighted by Crippen LogP contribution is -2.51. The number of hydrogen-bond acceptors (Lipinski definition) is 5. The van der Waals surface area contributed by atoms with Gasteiger partial charge in [0.1, 0.15) is 24.2 Å². The van der Waals surface area contributed by atoms with Crippen molar-refractivity contribution in [1.29, 1.82) is 0 Å². The van der Waals surface area contributed by atoms with E-state index in [1.54, 1.807) is 12.3 Å². The van der Waals surface area contributed by atoms with Crippen LogP contribution in [0.3, 0.4) is 0 Å². The molecule has 1 atom stereocenters. The monoisotopic (exact) mass is 600 g/mol. The Morgan fingerprint density at radius 2 is 1.93 bits per heavy atom. The maximum atomic E-state index is 13.2. The zero-order valence-corrected chi connectivity index (χ0v) is 24.0. The molecule has 0 aliphatic carbocycles. The van der Waals surface area contributed by atoms with Gasteiger partial charge in [-0.3, -0.25) is 9.59 Å². The Bertz CT molecular complexity index is 1420. The fourth-order valence-electron chi connectivity index (χ4n) is 4.69. The number of rotatable bonds is 3. The van der Waals surface area contributed by atoms with Crippen LogP contribution in [0.25, 0.3) is 11.4 Å². The number of nitrogens with zero attached hydrogens (tertiary/aromatic N) is 3. The quantitative estimate of drug-likeness (QED) is 0.409. The van der Waals surface area contributed by atoms with Gasteiger partial charge in [-0.05, 0) is 49.1 Å². The van der Waals surface area contributed by atoms with E-state index in [4.69, 9.17) is 4.74 Å². The van der Waals surface area contributed by atoms with Gasteiger partial charge in [-0.25, -0.2) is 9.78 Å². The highest BCUT2D eigenvalue weighted by atomic mass is 19.4. The minimum Gasteiger partial charge on any atom is -0.494 e. The molecule has 0 unspecified atom stereocenters. The van der Waals surface area contributed by atoms with Gasteiger partial charge in [0.2, 0.25) is 11.8 Å². The summed E-state index contributed by atoms with van der Waals surface area (Å²) in [5, 5.41) is 8.05. The smallest absolute Gasteiger partial charge is 0.416 e. The van der Waals surface area contributed by atoms with Crippen molar-refractivity contribution in [3.63, 3.8) is 0 Å². The van der Waals surface area contributed by atoms with Crippen LogP contribution in [0, 0.1) is 5.92 Å². The molecule has 43 heavy (non-hydrogen) atoms. The van der Waals surface area contributed by atoms with Crippen molar-refractivity contribution in [1.82, 2.24) is 25.1 Å². The molecule has 1 aromatic heterocycles. The molecule has 1 aliphatic rings. The van der Waals surface area contributed by atoms with Gasteiger partial charge in [-0.1, -0.05) is 32.0 Å². The van der Waals surface area contributed by atoms with Crippen molar-refractivity contribution in [2.45, 2.75) is 45.5 Å². The zero-order chi connectivity index (χ0) is 31.0. The Balaban J connectivity index is 1.56. The lowest BCUT2D eigenvalue weighted by atomic mass is 10.0. The molecule has 2 heterocycles. The van der Waals surface area contributed by atoms with Gasteiger partial charge in [0.05, 0.1) is 12.2 Å². The number of carbonyl (C=O) groups is 3. The number of imidazole rings is 1. The van der Waals surface area contributed by atoms with Gasteiger partial charge in [0.25, 0.3) is 0 Å². The molecule has 0 fully saturated rings. The molecule has 3 aromatic rings. The third-order valence-electron chi connectivity index (χ3n) is 6.72. The molecule has 1 aliphatic heterocycles. The SMILES string of the molecule is CC(C)C[C@H]1NC(=O)CN(C(=O)Nc2cccc(C(F)(F)F)c2)CCCOc2cccc(c2)-c2nccn2CCNC1=O. The van der Waals surface area contributed by atoms with Gasteiger partial charge in [-0.15, -0.1) is 0 Å². The van der Waals surface area contributed by atoms with Crippen LogP contribution in [-0.2, 0) is 22.3 Å². The average molecular weight is 601 g/mol. The highest BCUT2D eigenvalue weighted by molar-refractivity contribution is 5.94. The lowest BCUT2D eigenvalue weighted by Gasteiger charge is -2.25. The predicted octanol–water partition coefficient (Wildman–Crippen LogP) is 4.53. The molecule has 4 rings (SSSR count). The fourth-order valence-corrected chi connectivity index (χ4v) is 4.69. The summed E-state index contributed by atoms with van der Waals surface area (Å²) < 4.78 is 47.4. The summed E-state index contributed by atoms with van der Waals surface area (Å²) >= 11 is 0. The molecule has 13 heteroatoms. The third kappa shape index (κ3) is 8.97. The molecular weight excluding hydrogens is 565 g/mol. The molecule has 0 saturated carbocycles. The van der Waals surface area contributed by atoms with Crippen LogP contribution in [0.4, 0.5) is 23.7 Å². The number of nitrogens with one attached hydrogen (secondary N) is 3. The van der Waals surface area contributed by atoms with Gasteiger partial charge in [0, 0.05) is 43.3 Å². The van der Waals surface area contributed by atoms with Crippen molar-refractivity contribution in [2.75, 3.05) is 31.6 Å². The normalized spacial score (nSPS) is 17.2. The number of benzene rings is 2. The molecule has 0 radical (unpaired) electrons. The van der Waals surface area contributed by atoms with E-state index in [0.29, 0.717) is 31.0 Å². The van der Waals surface area contributed by atoms with E-state index in [0.717, 1.165) is 17.7 Å². The van der Waals surface area contributed by atoms with Gasteiger partial charge in [0.15, 0.2) is 0 Å². The number of anilines is 1. The summed E-state index contributed by atoms with van der Waals surface area (Å²) in [6, 6.07) is 10.00. The lowest BCUT2D eigenvalue weighted by molar-refractivity contribution is -0.137. The highest BCUT2D eigenvalue weighted by Gasteiger charge is 2.31. The highest BCUT2D eigenvalue weighted by Crippen LogP contribution is 2.30. The molecule has 3 N–H and O–H groups in total.